The fourth-order valence-electron chi connectivity index (χ4n) is 2.78. The summed E-state index contributed by atoms with van der Waals surface area (Å²) in [7, 11) is -3.83. The van der Waals surface area contributed by atoms with Crippen molar-refractivity contribution in [2.24, 2.45) is 0 Å². The summed E-state index contributed by atoms with van der Waals surface area (Å²) in [6.07, 6.45) is 0. The van der Waals surface area contributed by atoms with Crippen molar-refractivity contribution in [1.29, 1.82) is 0 Å². The van der Waals surface area contributed by atoms with Crippen molar-refractivity contribution < 1.29 is 22.3 Å². The molecule has 0 bridgehead atoms. The van der Waals surface area contributed by atoms with Gasteiger partial charge in [0.25, 0.3) is 5.91 Å². The van der Waals surface area contributed by atoms with Gasteiger partial charge in [0.2, 0.25) is 10.0 Å². The molecule has 0 unspecified atom stereocenters. The second-order valence-corrected chi connectivity index (χ2v) is 8.83. The molecule has 1 aliphatic heterocycles. The molecular formula is C18H17Cl2FN2O4S. The lowest BCUT2D eigenvalue weighted by Gasteiger charge is -2.34. The minimum absolute atomic E-state index is 0.00679. The number of ether oxygens (including phenoxy) is 1. The second-order valence-electron chi connectivity index (χ2n) is 6.08. The van der Waals surface area contributed by atoms with Crippen molar-refractivity contribution in [1.82, 2.24) is 9.21 Å². The fraction of sp³-hybridized carbons (Fsp3) is 0.278. The van der Waals surface area contributed by atoms with Gasteiger partial charge in [-0.05, 0) is 30.3 Å². The van der Waals surface area contributed by atoms with Crippen LogP contribution in [-0.2, 0) is 14.8 Å². The number of carbonyl (C=O) groups is 1. The van der Waals surface area contributed by atoms with Crippen LogP contribution in [0.25, 0.3) is 0 Å². The monoisotopic (exact) mass is 446 g/mol. The molecule has 1 heterocycles. The highest BCUT2D eigenvalue weighted by Crippen LogP contribution is 2.28. The number of hydrogen-bond donors (Lipinski definition) is 0. The second kappa shape index (κ2) is 8.65. The molecule has 1 amide bonds. The number of piperazine rings is 1. The maximum Gasteiger partial charge on any atom is 0.260 e. The molecule has 150 valence electrons. The van der Waals surface area contributed by atoms with Gasteiger partial charge in [0, 0.05) is 31.2 Å². The van der Waals surface area contributed by atoms with E-state index in [1.165, 1.54) is 45.6 Å². The van der Waals surface area contributed by atoms with Crippen LogP contribution in [0.3, 0.4) is 0 Å². The van der Waals surface area contributed by atoms with E-state index in [-0.39, 0.29) is 59.4 Å². The highest BCUT2D eigenvalue weighted by Gasteiger charge is 2.31. The third-order valence-electron chi connectivity index (χ3n) is 4.29. The first-order valence-corrected chi connectivity index (χ1v) is 10.6. The van der Waals surface area contributed by atoms with Crippen LogP contribution in [0.4, 0.5) is 4.39 Å². The van der Waals surface area contributed by atoms with Crippen LogP contribution >= 0.6 is 23.2 Å². The lowest BCUT2D eigenvalue weighted by molar-refractivity contribution is -0.134. The zero-order valence-electron chi connectivity index (χ0n) is 14.6. The minimum Gasteiger partial charge on any atom is -0.481 e. The number of carbonyl (C=O) groups excluding carboxylic acids is 1. The Morgan fingerprint density at radius 2 is 1.75 bits per heavy atom. The lowest BCUT2D eigenvalue weighted by Crippen LogP contribution is -2.51. The SMILES string of the molecule is O=C(COc1ccccc1F)N1CCN(S(=O)(=O)c2cc(Cl)ccc2Cl)CC1. The summed E-state index contributed by atoms with van der Waals surface area (Å²) >= 11 is 11.9. The smallest absolute Gasteiger partial charge is 0.260 e. The van der Waals surface area contributed by atoms with Gasteiger partial charge in [0.1, 0.15) is 4.90 Å². The molecule has 2 aromatic carbocycles. The predicted octanol–water partition coefficient (Wildman–Crippen LogP) is 3.04. The molecule has 0 aromatic heterocycles. The Kier molecular flexibility index (Phi) is 6.44. The summed E-state index contributed by atoms with van der Waals surface area (Å²) in [5.41, 5.74) is 0. The minimum atomic E-state index is -3.83. The molecule has 28 heavy (non-hydrogen) atoms. The Morgan fingerprint density at radius 3 is 2.43 bits per heavy atom. The van der Waals surface area contributed by atoms with E-state index in [1.54, 1.807) is 6.07 Å². The number of amides is 1. The van der Waals surface area contributed by atoms with Crippen LogP contribution in [-0.4, -0.2) is 56.3 Å². The summed E-state index contributed by atoms with van der Waals surface area (Å²) in [5, 5.41) is 0.350. The molecule has 0 N–H and O–H groups in total. The van der Waals surface area contributed by atoms with E-state index in [4.69, 9.17) is 27.9 Å². The third kappa shape index (κ3) is 4.57. The Labute approximate surface area is 172 Å². The normalized spacial score (nSPS) is 15.5. The molecular weight excluding hydrogens is 430 g/mol. The predicted molar refractivity (Wildman–Crippen MR) is 104 cm³/mol. The fourth-order valence-corrected chi connectivity index (χ4v) is 4.94. The first kappa shape index (κ1) is 20.9. The van der Waals surface area contributed by atoms with Gasteiger partial charge >= 0.3 is 0 Å². The van der Waals surface area contributed by atoms with E-state index in [9.17, 15) is 17.6 Å². The molecule has 1 fully saturated rings. The van der Waals surface area contributed by atoms with Crippen molar-refractivity contribution in [2.75, 3.05) is 32.8 Å². The van der Waals surface area contributed by atoms with Crippen LogP contribution < -0.4 is 4.74 Å². The first-order valence-electron chi connectivity index (χ1n) is 8.39. The molecule has 3 rings (SSSR count). The molecule has 0 aliphatic carbocycles. The summed E-state index contributed by atoms with van der Waals surface area (Å²) < 4.78 is 45.6. The van der Waals surface area contributed by atoms with Crippen molar-refractivity contribution in [3.05, 3.63) is 58.3 Å². The van der Waals surface area contributed by atoms with Gasteiger partial charge in [-0.1, -0.05) is 35.3 Å². The lowest BCUT2D eigenvalue weighted by atomic mass is 10.3. The number of para-hydroxylation sites is 1. The van der Waals surface area contributed by atoms with E-state index in [0.29, 0.717) is 0 Å². The molecule has 0 saturated carbocycles. The first-order chi connectivity index (χ1) is 13.3. The van der Waals surface area contributed by atoms with E-state index in [2.05, 4.69) is 0 Å². The number of benzene rings is 2. The quantitative estimate of drug-likeness (QED) is 0.707. The van der Waals surface area contributed by atoms with E-state index in [1.807, 2.05) is 0 Å². The van der Waals surface area contributed by atoms with Gasteiger partial charge in [-0.2, -0.15) is 4.31 Å². The van der Waals surface area contributed by atoms with Gasteiger partial charge in [0.15, 0.2) is 18.2 Å². The van der Waals surface area contributed by atoms with Gasteiger partial charge in [-0.15, -0.1) is 0 Å². The van der Waals surface area contributed by atoms with Crippen LogP contribution in [0.15, 0.2) is 47.4 Å². The van der Waals surface area contributed by atoms with Crippen LogP contribution in [0.5, 0.6) is 5.75 Å². The zero-order chi connectivity index (χ0) is 20.3. The van der Waals surface area contributed by atoms with E-state index in [0.717, 1.165) is 0 Å². The van der Waals surface area contributed by atoms with E-state index >= 15 is 0 Å². The zero-order valence-corrected chi connectivity index (χ0v) is 17.0. The highest BCUT2D eigenvalue weighted by atomic mass is 35.5. The molecule has 0 spiro atoms. The van der Waals surface area contributed by atoms with Crippen molar-refractivity contribution >= 4 is 39.1 Å². The maximum atomic E-state index is 13.5. The largest absolute Gasteiger partial charge is 0.481 e. The Balaban J connectivity index is 1.60. The Bertz CT molecular complexity index is 979. The number of rotatable bonds is 5. The Hall–Kier alpha value is -1.87. The van der Waals surface area contributed by atoms with Gasteiger partial charge in [-0.3, -0.25) is 4.79 Å². The summed E-state index contributed by atoms with van der Waals surface area (Å²) in [4.78, 5) is 13.7. The van der Waals surface area contributed by atoms with Crippen LogP contribution in [0, 0.1) is 5.82 Å². The third-order valence-corrected chi connectivity index (χ3v) is 6.91. The van der Waals surface area contributed by atoms with Gasteiger partial charge < -0.3 is 9.64 Å². The van der Waals surface area contributed by atoms with Crippen molar-refractivity contribution in [3.8, 4) is 5.75 Å². The van der Waals surface area contributed by atoms with Gasteiger partial charge in [-0.25, -0.2) is 12.8 Å². The molecule has 0 radical (unpaired) electrons. The average Bonchev–Trinajstić information content (AvgIpc) is 2.69. The highest BCUT2D eigenvalue weighted by molar-refractivity contribution is 7.89. The maximum absolute atomic E-state index is 13.5. The molecule has 0 atom stereocenters. The van der Waals surface area contributed by atoms with Crippen LogP contribution in [0.1, 0.15) is 0 Å². The van der Waals surface area contributed by atoms with Crippen LogP contribution in [0.2, 0.25) is 10.0 Å². The molecule has 1 saturated heterocycles. The molecule has 1 aliphatic rings. The number of halogens is 3. The van der Waals surface area contributed by atoms with Crippen molar-refractivity contribution in [2.45, 2.75) is 4.90 Å². The molecule has 10 heteroatoms. The van der Waals surface area contributed by atoms with Crippen molar-refractivity contribution in [3.63, 3.8) is 0 Å². The van der Waals surface area contributed by atoms with E-state index < -0.39 is 15.8 Å². The summed E-state index contributed by atoms with van der Waals surface area (Å²) in [6, 6.07) is 10.0. The molecule has 6 nitrogen and oxygen atoms in total. The standard InChI is InChI=1S/C18H17Cl2FN2O4S/c19-13-5-6-14(20)17(11-13)28(25,26)23-9-7-22(8-10-23)18(24)12-27-16-4-2-1-3-15(16)21/h1-6,11H,7-10,12H2. The average molecular weight is 447 g/mol. The topological polar surface area (TPSA) is 66.9 Å². The molecule has 2 aromatic rings. The Morgan fingerprint density at radius 1 is 1.07 bits per heavy atom. The number of sulfonamides is 1. The van der Waals surface area contributed by atoms with Gasteiger partial charge in [0.05, 0.1) is 5.02 Å². The summed E-state index contributed by atoms with van der Waals surface area (Å²) in [6.45, 7) is 0.273. The summed E-state index contributed by atoms with van der Waals surface area (Å²) in [5.74, 6) is -0.904. The number of hydrogen-bond acceptors (Lipinski definition) is 4. The number of nitrogens with zero attached hydrogens (tertiary/aromatic N) is 2.